The minimum atomic E-state index is -0.0899. The van der Waals surface area contributed by atoms with Crippen LogP contribution in [0, 0.1) is 0 Å². The average molecular weight is 369 g/mol. The number of amides is 1. The van der Waals surface area contributed by atoms with E-state index in [-0.39, 0.29) is 18.7 Å². The molecule has 0 unspecified atom stereocenters. The van der Waals surface area contributed by atoms with Gasteiger partial charge in [0.05, 0.1) is 18.8 Å². The fourth-order valence-corrected chi connectivity index (χ4v) is 3.35. The summed E-state index contributed by atoms with van der Waals surface area (Å²) < 4.78 is 10.7. The highest BCUT2D eigenvalue weighted by Gasteiger charge is 2.21. The zero-order valence-electron chi connectivity index (χ0n) is 15.3. The van der Waals surface area contributed by atoms with Gasteiger partial charge in [-0.2, -0.15) is 0 Å². The van der Waals surface area contributed by atoms with Gasteiger partial charge in [0, 0.05) is 38.6 Å². The third-order valence-corrected chi connectivity index (χ3v) is 4.89. The summed E-state index contributed by atoms with van der Waals surface area (Å²) in [5.41, 5.74) is 1.00. The Labute approximate surface area is 158 Å². The number of benzene rings is 1. The van der Waals surface area contributed by atoms with Gasteiger partial charge in [0.15, 0.2) is 11.5 Å². The van der Waals surface area contributed by atoms with Gasteiger partial charge in [0.1, 0.15) is 5.82 Å². The number of carbonyl (C=O) groups is 1. The summed E-state index contributed by atoms with van der Waals surface area (Å²) in [5, 5.41) is 3.06. The molecule has 0 bridgehead atoms. The molecule has 1 saturated heterocycles. The lowest BCUT2D eigenvalue weighted by molar-refractivity contribution is -0.123. The lowest BCUT2D eigenvalue weighted by Gasteiger charge is -2.34. The highest BCUT2D eigenvalue weighted by Crippen LogP contribution is 2.34. The Balaban J connectivity index is 1.26. The van der Waals surface area contributed by atoms with Crippen LogP contribution in [0.3, 0.4) is 0 Å². The Morgan fingerprint density at radius 1 is 1.19 bits per heavy atom. The number of ether oxygens (including phenoxy) is 2. The number of hydrogen-bond donors (Lipinski definition) is 1. The van der Waals surface area contributed by atoms with Crippen LogP contribution >= 0.6 is 0 Å². The predicted octanol–water partition coefficient (Wildman–Crippen LogP) is 1.20. The first-order chi connectivity index (χ1) is 13.2. The molecular formula is C19H23N5O3. The van der Waals surface area contributed by atoms with E-state index in [4.69, 9.17) is 9.47 Å². The molecule has 0 radical (unpaired) electrons. The summed E-state index contributed by atoms with van der Waals surface area (Å²) in [5.74, 6) is 2.39. The molecule has 1 N–H and O–H groups in total. The van der Waals surface area contributed by atoms with Crippen molar-refractivity contribution >= 4 is 11.7 Å². The summed E-state index contributed by atoms with van der Waals surface area (Å²) >= 11 is 0. The SMILES string of the molecule is C[C@@H](NC(=O)CN1CCN(c2cnccn2)CC1)c1ccc2c(c1)OCO2. The van der Waals surface area contributed by atoms with Gasteiger partial charge in [-0.15, -0.1) is 0 Å². The topological polar surface area (TPSA) is 79.8 Å². The van der Waals surface area contributed by atoms with Crippen LogP contribution in [0.25, 0.3) is 0 Å². The van der Waals surface area contributed by atoms with Crippen LogP contribution in [0.2, 0.25) is 0 Å². The first-order valence-corrected chi connectivity index (χ1v) is 9.11. The van der Waals surface area contributed by atoms with E-state index in [1.165, 1.54) is 0 Å². The normalized spacial score (nSPS) is 17.6. The molecule has 0 aliphatic carbocycles. The lowest BCUT2D eigenvalue weighted by Crippen LogP contribution is -2.50. The third kappa shape index (κ3) is 4.11. The largest absolute Gasteiger partial charge is 0.454 e. The first kappa shape index (κ1) is 17.5. The molecule has 0 saturated carbocycles. The Hall–Kier alpha value is -2.87. The predicted molar refractivity (Wildman–Crippen MR) is 99.8 cm³/mol. The molecule has 1 aromatic carbocycles. The van der Waals surface area contributed by atoms with Gasteiger partial charge in [0.2, 0.25) is 12.7 Å². The summed E-state index contributed by atoms with van der Waals surface area (Å²) in [4.78, 5) is 25.2. The molecule has 3 heterocycles. The minimum Gasteiger partial charge on any atom is -0.454 e. The smallest absolute Gasteiger partial charge is 0.234 e. The van der Waals surface area contributed by atoms with Gasteiger partial charge in [-0.3, -0.25) is 14.7 Å². The van der Waals surface area contributed by atoms with E-state index >= 15 is 0 Å². The van der Waals surface area contributed by atoms with E-state index in [1.807, 2.05) is 25.1 Å². The van der Waals surface area contributed by atoms with Crippen molar-refractivity contribution in [3.8, 4) is 11.5 Å². The number of fused-ring (bicyclic) bond motifs is 1. The van der Waals surface area contributed by atoms with E-state index in [2.05, 4.69) is 25.1 Å². The minimum absolute atomic E-state index is 0.0214. The standard InChI is InChI=1S/C19H23N5O3/c1-14(15-2-3-16-17(10-15)27-13-26-16)22-19(25)12-23-6-8-24(9-7-23)18-11-20-4-5-21-18/h2-5,10-11,14H,6-9,12-13H2,1H3,(H,22,25)/t14-/m1/s1. The highest BCUT2D eigenvalue weighted by atomic mass is 16.7. The second-order valence-electron chi connectivity index (χ2n) is 6.73. The lowest BCUT2D eigenvalue weighted by atomic mass is 10.1. The molecule has 2 aliphatic rings. The molecule has 1 amide bonds. The van der Waals surface area contributed by atoms with E-state index in [0.717, 1.165) is 49.1 Å². The molecule has 8 heteroatoms. The Kier molecular flexibility index (Phi) is 5.06. The average Bonchev–Trinajstić information content (AvgIpc) is 3.17. The van der Waals surface area contributed by atoms with Gasteiger partial charge in [-0.25, -0.2) is 4.98 Å². The van der Waals surface area contributed by atoms with Gasteiger partial charge in [-0.05, 0) is 24.6 Å². The molecule has 0 spiro atoms. The number of piperazine rings is 1. The molecule has 1 fully saturated rings. The molecule has 8 nitrogen and oxygen atoms in total. The number of hydrogen-bond acceptors (Lipinski definition) is 7. The van der Waals surface area contributed by atoms with Gasteiger partial charge < -0.3 is 19.7 Å². The fourth-order valence-electron chi connectivity index (χ4n) is 3.35. The molecule has 1 aromatic heterocycles. The van der Waals surface area contributed by atoms with E-state index in [9.17, 15) is 4.79 Å². The van der Waals surface area contributed by atoms with Crippen molar-refractivity contribution in [1.82, 2.24) is 20.2 Å². The zero-order valence-corrected chi connectivity index (χ0v) is 15.3. The van der Waals surface area contributed by atoms with Crippen LogP contribution in [0.15, 0.2) is 36.8 Å². The Bertz CT molecular complexity index is 793. The summed E-state index contributed by atoms with van der Waals surface area (Å²) in [6.45, 7) is 5.93. The summed E-state index contributed by atoms with van der Waals surface area (Å²) in [6, 6.07) is 5.67. The maximum absolute atomic E-state index is 12.4. The maximum Gasteiger partial charge on any atom is 0.234 e. The van der Waals surface area contributed by atoms with Crippen molar-refractivity contribution in [3.63, 3.8) is 0 Å². The number of nitrogens with zero attached hydrogens (tertiary/aromatic N) is 4. The molecule has 2 aromatic rings. The van der Waals surface area contributed by atoms with Crippen LogP contribution in [0.5, 0.6) is 11.5 Å². The number of nitrogens with one attached hydrogen (secondary N) is 1. The van der Waals surface area contributed by atoms with Crippen molar-refractivity contribution in [1.29, 1.82) is 0 Å². The monoisotopic (exact) mass is 369 g/mol. The van der Waals surface area contributed by atoms with Gasteiger partial charge >= 0.3 is 0 Å². The second kappa shape index (κ2) is 7.79. The van der Waals surface area contributed by atoms with E-state index in [1.54, 1.807) is 18.6 Å². The first-order valence-electron chi connectivity index (χ1n) is 9.11. The van der Waals surface area contributed by atoms with Gasteiger partial charge in [-0.1, -0.05) is 6.07 Å². The number of aromatic nitrogens is 2. The molecular weight excluding hydrogens is 346 g/mol. The Morgan fingerprint density at radius 3 is 2.78 bits per heavy atom. The molecule has 1 atom stereocenters. The second-order valence-corrected chi connectivity index (χ2v) is 6.73. The quantitative estimate of drug-likeness (QED) is 0.848. The third-order valence-electron chi connectivity index (χ3n) is 4.89. The summed E-state index contributed by atoms with van der Waals surface area (Å²) in [7, 11) is 0. The summed E-state index contributed by atoms with van der Waals surface area (Å²) in [6.07, 6.45) is 5.15. The van der Waals surface area contributed by atoms with Crippen molar-refractivity contribution in [2.75, 3.05) is 44.4 Å². The number of carbonyl (C=O) groups excluding carboxylic acids is 1. The zero-order chi connectivity index (χ0) is 18.6. The Morgan fingerprint density at radius 2 is 2.00 bits per heavy atom. The van der Waals surface area contributed by atoms with Crippen LogP contribution in [-0.4, -0.2) is 60.3 Å². The number of anilines is 1. The number of rotatable bonds is 5. The van der Waals surface area contributed by atoms with Crippen LogP contribution in [0.1, 0.15) is 18.5 Å². The van der Waals surface area contributed by atoms with Crippen molar-refractivity contribution in [3.05, 3.63) is 42.4 Å². The molecule has 27 heavy (non-hydrogen) atoms. The molecule has 142 valence electrons. The van der Waals surface area contributed by atoms with E-state index < -0.39 is 0 Å². The molecule has 4 rings (SSSR count). The van der Waals surface area contributed by atoms with Crippen LogP contribution in [0.4, 0.5) is 5.82 Å². The van der Waals surface area contributed by atoms with Crippen molar-refractivity contribution in [2.24, 2.45) is 0 Å². The molecule has 2 aliphatic heterocycles. The maximum atomic E-state index is 12.4. The van der Waals surface area contributed by atoms with Crippen LogP contribution < -0.4 is 19.7 Å². The van der Waals surface area contributed by atoms with Crippen molar-refractivity contribution < 1.29 is 14.3 Å². The van der Waals surface area contributed by atoms with E-state index in [0.29, 0.717) is 6.54 Å². The van der Waals surface area contributed by atoms with Crippen molar-refractivity contribution in [2.45, 2.75) is 13.0 Å². The highest BCUT2D eigenvalue weighted by molar-refractivity contribution is 5.78. The fraction of sp³-hybridized carbons (Fsp3) is 0.421. The van der Waals surface area contributed by atoms with Gasteiger partial charge in [0.25, 0.3) is 0 Å². The van der Waals surface area contributed by atoms with Crippen LogP contribution in [-0.2, 0) is 4.79 Å².